The van der Waals surface area contributed by atoms with E-state index in [0.29, 0.717) is 35.5 Å². The van der Waals surface area contributed by atoms with Crippen molar-refractivity contribution in [2.45, 2.75) is 25.6 Å². The van der Waals surface area contributed by atoms with Gasteiger partial charge in [0, 0.05) is 24.5 Å². The molecule has 4 rings (SSSR count). The van der Waals surface area contributed by atoms with Crippen LogP contribution in [0, 0.1) is 0 Å². The normalized spacial score (nSPS) is 19.0. The molecule has 0 amide bonds. The minimum atomic E-state index is -0.498. The molecule has 0 saturated carbocycles. The van der Waals surface area contributed by atoms with Crippen molar-refractivity contribution < 1.29 is 18.7 Å². The highest BCUT2D eigenvalue weighted by Crippen LogP contribution is 2.43. The van der Waals surface area contributed by atoms with Crippen LogP contribution >= 0.6 is 0 Å². The van der Waals surface area contributed by atoms with Crippen LogP contribution in [0.25, 0.3) is 11.0 Å². The van der Waals surface area contributed by atoms with Crippen LogP contribution in [0.1, 0.15) is 40.7 Å². The largest absolute Gasteiger partial charge is 0.464 e. The van der Waals surface area contributed by atoms with Gasteiger partial charge in [0.05, 0.1) is 10.9 Å². The molecule has 2 heterocycles. The number of carbonyl (C=O) groups excluding carboxylic acids is 1. The summed E-state index contributed by atoms with van der Waals surface area (Å²) in [5.41, 5.74) is 1.79. The first-order valence-corrected chi connectivity index (χ1v) is 8.61. The molecule has 3 aromatic rings. The van der Waals surface area contributed by atoms with E-state index in [9.17, 15) is 9.59 Å². The van der Waals surface area contributed by atoms with Gasteiger partial charge in [0.25, 0.3) is 0 Å². The molecule has 1 aromatic heterocycles. The average molecular weight is 350 g/mol. The summed E-state index contributed by atoms with van der Waals surface area (Å²) in [6, 6.07) is 14.5. The van der Waals surface area contributed by atoms with Crippen LogP contribution in [0.4, 0.5) is 0 Å². The van der Waals surface area contributed by atoms with Crippen molar-refractivity contribution in [1.29, 1.82) is 0 Å². The third-order valence-corrected chi connectivity index (χ3v) is 4.68. The summed E-state index contributed by atoms with van der Waals surface area (Å²) in [6.07, 6.45) is 0.750. The summed E-state index contributed by atoms with van der Waals surface area (Å²) in [5, 5.41) is 0.722. The van der Waals surface area contributed by atoms with E-state index in [1.807, 2.05) is 31.2 Å². The van der Waals surface area contributed by atoms with E-state index in [2.05, 4.69) is 0 Å². The molecule has 2 aromatic carbocycles. The molecule has 5 nitrogen and oxygen atoms in total. The van der Waals surface area contributed by atoms with Crippen LogP contribution in [-0.2, 0) is 4.74 Å². The minimum absolute atomic E-state index is 0.336. The Balaban J connectivity index is 1.98. The lowest BCUT2D eigenvalue weighted by atomic mass is 9.84. The van der Waals surface area contributed by atoms with Gasteiger partial charge in [-0.3, -0.25) is 4.79 Å². The molecule has 26 heavy (non-hydrogen) atoms. The first-order chi connectivity index (χ1) is 12.7. The molecule has 1 aliphatic rings. The average Bonchev–Trinajstić information content (AvgIpc) is 2.67. The van der Waals surface area contributed by atoms with Crippen molar-refractivity contribution in [3.63, 3.8) is 0 Å². The number of aldehydes is 1. The van der Waals surface area contributed by atoms with Crippen LogP contribution in [0.3, 0.4) is 0 Å². The van der Waals surface area contributed by atoms with Crippen molar-refractivity contribution in [2.75, 3.05) is 6.61 Å². The zero-order valence-electron chi connectivity index (χ0n) is 14.3. The molecule has 0 radical (unpaired) electrons. The molecule has 0 N–H and O–H groups in total. The lowest BCUT2D eigenvalue weighted by Gasteiger charge is -2.32. The van der Waals surface area contributed by atoms with Crippen molar-refractivity contribution >= 4 is 17.3 Å². The summed E-state index contributed by atoms with van der Waals surface area (Å²) in [4.78, 5) is 24.3. The fourth-order valence-corrected chi connectivity index (χ4v) is 3.56. The van der Waals surface area contributed by atoms with Gasteiger partial charge in [0.2, 0.25) is 6.29 Å². The van der Waals surface area contributed by atoms with Crippen molar-refractivity contribution in [3.05, 3.63) is 75.6 Å². The van der Waals surface area contributed by atoms with E-state index in [4.69, 9.17) is 13.9 Å². The number of hydrogen-bond acceptors (Lipinski definition) is 5. The molecular formula is C21H18O5. The maximum Gasteiger partial charge on any atom is 0.343 e. The number of rotatable bonds is 4. The molecule has 5 heteroatoms. The third kappa shape index (κ3) is 2.70. The number of fused-ring (bicyclic) bond motifs is 3. The molecule has 0 aliphatic carbocycles. The monoisotopic (exact) mass is 350 g/mol. The van der Waals surface area contributed by atoms with E-state index in [-0.39, 0.29) is 5.92 Å². The summed E-state index contributed by atoms with van der Waals surface area (Å²) in [5.74, 6) is 0.143. The van der Waals surface area contributed by atoms with Crippen molar-refractivity contribution in [3.8, 4) is 5.75 Å². The number of benzene rings is 2. The quantitative estimate of drug-likeness (QED) is 0.528. The lowest BCUT2D eigenvalue weighted by Crippen LogP contribution is -2.32. The van der Waals surface area contributed by atoms with Gasteiger partial charge < -0.3 is 13.9 Å². The summed E-state index contributed by atoms with van der Waals surface area (Å²) in [7, 11) is 0. The Bertz CT molecular complexity index is 1020. The predicted octanol–water partition coefficient (Wildman–Crippen LogP) is 3.88. The van der Waals surface area contributed by atoms with Gasteiger partial charge in [-0.05, 0) is 24.6 Å². The van der Waals surface area contributed by atoms with E-state index >= 15 is 0 Å². The van der Waals surface area contributed by atoms with E-state index in [1.54, 1.807) is 24.3 Å². The fourth-order valence-electron chi connectivity index (χ4n) is 3.56. The van der Waals surface area contributed by atoms with Crippen LogP contribution in [-0.4, -0.2) is 19.2 Å². The number of carbonyl (C=O) groups is 1. The Labute approximate surface area is 150 Å². The first kappa shape index (κ1) is 16.5. The Morgan fingerprint density at radius 3 is 2.73 bits per heavy atom. The highest BCUT2D eigenvalue weighted by Gasteiger charge is 2.35. The van der Waals surface area contributed by atoms with E-state index < -0.39 is 11.9 Å². The van der Waals surface area contributed by atoms with Crippen molar-refractivity contribution in [2.24, 2.45) is 0 Å². The number of hydrogen-bond donors (Lipinski definition) is 0. The van der Waals surface area contributed by atoms with Crippen LogP contribution in [0.2, 0.25) is 0 Å². The highest BCUT2D eigenvalue weighted by molar-refractivity contribution is 5.85. The molecule has 0 fully saturated rings. The maximum atomic E-state index is 12.7. The summed E-state index contributed by atoms with van der Waals surface area (Å²) in [6.45, 7) is 2.38. The highest BCUT2D eigenvalue weighted by atomic mass is 16.7. The molecule has 0 spiro atoms. The smallest absolute Gasteiger partial charge is 0.343 e. The second-order valence-corrected chi connectivity index (χ2v) is 6.17. The van der Waals surface area contributed by atoms with E-state index in [0.717, 1.165) is 17.2 Å². The Morgan fingerprint density at radius 2 is 1.92 bits per heavy atom. The number of ether oxygens (including phenoxy) is 2. The SMILES string of the molecule is CCO[C@H]1C[C@@H](c2ccccc2C=O)c2c(c3ccccc3oc2=O)O1. The molecule has 132 valence electrons. The van der Waals surface area contributed by atoms with Crippen LogP contribution < -0.4 is 10.4 Å². The third-order valence-electron chi connectivity index (χ3n) is 4.68. The van der Waals surface area contributed by atoms with Gasteiger partial charge in [-0.25, -0.2) is 4.79 Å². The zero-order valence-corrected chi connectivity index (χ0v) is 14.3. The second kappa shape index (κ2) is 6.77. The van der Waals surface area contributed by atoms with Gasteiger partial charge in [-0.2, -0.15) is 0 Å². The van der Waals surface area contributed by atoms with Crippen molar-refractivity contribution in [1.82, 2.24) is 0 Å². The Morgan fingerprint density at radius 1 is 1.15 bits per heavy atom. The van der Waals surface area contributed by atoms with Gasteiger partial charge in [-0.1, -0.05) is 36.4 Å². The standard InChI is InChI=1S/C21H18O5/c1-2-24-18-11-16(14-8-4-3-7-13(14)12-22)19-20(26-18)15-9-5-6-10-17(15)25-21(19)23/h3-10,12,16,18H,2,11H2,1H3/t16-,18+/m0/s1. The molecule has 1 aliphatic heterocycles. The second-order valence-electron chi connectivity index (χ2n) is 6.17. The van der Waals surface area contributed by atoms with Gasteiger partial charge in [0.1, 0.15) is 17.6 Å². The molecule has 0 saturated heterocycles. The number of para-hydroxylation sites is 1. The van der Waals surface area contributed by atoms with Gasteiger partial charge >= 0.3 is 5.63 Å². The Hall–Kier alpha value is -2.92. The molecule has 0 bridgehead atoms. The van der Waals surface area contributed by atoms with E-state index in [1.165, 1.54) is 0 Å². The fraction of sp³-hybridized carbons (Fsp3) is 0.238. The molecule has 0 unspecified atom stereocenters. The molecule has 2 atom stereocenters. The Kier molecular flexibility index (Phi) is 4.31. The summed E-state index contributed by atoms with van der Waals surface area (Å²) >= 11 is 0. The lowest BCUT2D eigenvalue weighted by molar-refractivity contribution is -0.0890. The minimum Gasteiger partial charge on any atom is -0.464 e. The molecular weight excluding hydrogens is 332 g/mol. The van der Waals surface area contributed by atoms with Crippen LogP contribution in [0.15, 0.2) is 57.7 Å². The summed E-state index contributed by atoms with van der Waals surface area (Å²) < 4.78 is 17.2. The van der Waals surface area contributed by atoms with Gasteiger partial charge in [0.15, 0.2) is 0 Å². The first-order valence-electron chi connectivity index (χ1n) is 8.61. The predicted molar refractivity (Wildman–Crippen MR) is 96.8 cm³/mol. The zero-order chi connectivity index (χ0) is 18.1. The van der Waals surface area contributed by atoms with Gasteiger partial charge in [-0.15, -0.1) is 0 Å². The topological polar surface area (TPSA) is 65.7 Å². The maximum absolute atomic E-state index is 12.7. The van der Waals surface area contributed by atoms with Crippen LogP contribution in [0.5, 0.6) is 5.75 Å².